The molecule has 0 aliphatic carbocycles. The van der Waals surface area contributed by atoms with E-state index in [0.29, 0.717) is 17.1 Å². The van der Waals surface area contributed by atoms with E-state index in [-0.39, 0.29) is 24.9 Å². The SMILES string of the molecule is O=C(COc1ccc(-c2ccccc2)cc1)NCc1cc(-c2ccc(F)cc2)ncn1. The van der Waals surface area contributed by atoms with Crippen LogP contribution in [-0.2, 0) is 11.3 Å². The number of nitrogens with zero attached hydrogens (tertiary/aromatic N) is 2. The van der Waals surface area contributed by atoms with E-state index in [1.54, 1.807) is 18.2 Å². The summed E-state index contributed by atoms with van der Waals surface area (Å²) in [6.45, 7) is 0.145. The number of rotatable bonds is 7. The van der Waals surface area contributed by atoms with Gasteiger partial charge in [-0.15, -0.1) is 0 Å². The number of nitrogens with one attached hydrogen (secondary N) is 1. The number of aromatic nitrogens is 2. The lowest BCUT2D eigenvalue weighted by Crippen LogP contribution is -2.28. The summed E-state index contributed by atoms with van der Waals surface area (Å²) in [6, 6.07) is 25.5. The van der Waals surface area contributed by atoms with Crippen molar-refractivity contribution in [3.8, 4) is 28.1 Å². The first-order valence-electron chi connectivity index (χ1n) is 9.79. The van der Waals surface area contributed by atoms with E-state index < -0.39 is 0 Å². The molecule has 0 spiro atoms. The first-order valence-corrected chi connectivity index (χ1v) is 9.79. The number of ether oxygens (including phenoxy) is 1. The fourth-order valence-corrected chi connectivity index (χ4v) is 3.04. The molecule has 0 aliphatic rings. The van der Waals surface area contributed by atoms with E-state index in [1.165, 1.54) is 18.5 Å². The third kappa shape index (κ3) is 5.51. The Morgan fingerprint density at radius 3 is 2.26 bits per heavy atom. The molecular weight excluding hydrogens is 393 g/mol. The van der Waals surface area contributed by atoms with Crippen LogP contribution in [0.1, 0.15) is 5.69 Å². The normalized spacial score (nSPS) is 10.5. The molecule has 0 saturated heterocycles. The van der Waals surface area contributed by atoms with Gasteiger partial charge in [-0.2, -0.15) is 0 Å². The monoisotopic (exact) mass is 413 g/mol. The smallest absolute Gasteiger partial charge is 0.258 e. The second-order valence-corrected chi connectivity index (χ2v) is 6.86. The molecule has 6 heteroatoms. The van der Waals surface area contributed by atoms with Gasteiger partial charge in [0, 0.05) is 5.56 Å². The van der Waals surface area contributed by atoms with Gasteiger partial charge in [-0.1, -0.05) is 42.5 Å². The zero-order valence-electron chi connectivity index (χ0n) is 16.7. The van der Waals surface area contributed by atoms with Gasteiger partial charge in [-0.05, 0) is 53.6 Å². The minimum absolute atomic E-state index is 0.0966. The average Bonchev–Trinajstić information content (AvgIpc) is 2.83. The van der Waals surface area contributed by atoms with E-state index in [9.17, 15) is 9.18 Å². The maximum Gasteiger partial charge on any atom is 0.258 e. The highest BCUT2D eigenvalue weighted by molar-refractivity contribution is 5.77. The lowest BCUT2D eigenvalue weighted by Gasteiger charge is -2.09. The third-order valence-electron chi connectivity index (χ3n) is 4.66. The summed E-state index contributed by atoms with van der Waals surface area (Å²) in [5, 5.41) is 2.78. The quantitative estimate of drug-likeness (QED) is 0.479. The molecule has 1 heterocycles. The Morgan fingerprint density at radius 1 is 0.839 bits per heavy atom. The van der Waals surface area contributed by atoms with Crippen molar-refractivity contribution in [2.24, 2.45) is 0 Å². The molecule has 1 N–H and O–H groups in total. The molecule has 0 bridgehead atoms. The van der Waals surface area contributed by atoms with Crippen LogP contribution in [-0.4, -0.2) is 22.5 Å². The van der Waals surface area contributed by atoms with Gasteiger partial charge in [-0.3, -0.25) is 4.79 Å². The summed E-state index contributed by atoms with van der Waals surface area (Å²) in [5.41, 5.74) is 4.29. The van der Waals surface area contributed by atoms with Gasteiger partial charge in [-0.25, -0.2) is 14.4 Å². The van der Waals surface area contributed by atoms with E-state index in [0.717, 1.165) is 16.7 Å². The summed E-state index contributed by atoms with van der Waals surface area (Å²) in [4.78, 5) is 20.5. The van der Waals surface area contributed by atoms with Crippen LogP contribution in [0.3, 0.4) is 0 Å². The summed E-state index contributed by atoms with van der Waals surface area (Å²) in [7, 11) is 0. The van der Waals surface area contributed by atoms with Gasteiger partial charge < -0.3 is 10.1 Å². The molecule has 0 unspecified atom stereocenters. The van der Waals surface area contributed by atoms with Crippen LogP contribution in [0.2, 0.25) is 0 Å². The van der Waals surface area contributed by atoms with E-state index in [1.807, 2.05) is 54.6 Å². The molecule has 4 aromatic rings. The zero-order chi connectivity index (χ0) is 21.5. The predicted octanol–water partition coefficient (Wildman–Crippen LogP) is 4.64. The van der Waals surface area contributed by atoms with Crippen LogP contribution in [0.15, 0.2) is 91.3 Å². The lowest BCUT2D eigenvalue weighted by atomic mass is 10.1. The summed E-state index contributed by atoms with van der Waals surface area (Å²) in [5.74, 6) is 0.0598. The van der Waals surface area contributed by atoms with E-state index in [2.05, 4.69) is 15.3 Å². The fraction of sp³-hybridized carbons (Fsp3) is 0.0800. The van der Waals surface area contributed by atoms with Crippen LogP contribution in [0.4, 0.5) is 4.39 Å². The fourth-order valence-electron chi connectivity index (χ4n) is 3.04. The highest BCUT2D eigenvalue weighted by Gasteiger charge is 2.06. The number of halogens is 1. The highest BCUT2D eigenvalue weighted by atomic mass is 19.1. The maximum absolute atomic E-state index is 13.1. The first-order chi connectivity index (χ1) is 15.2. The van der Waals surface area contributed by atoms with Crippen molar-refractivity contribution < 1.29 is 13.9 Å². The van der Waals surface area contributed by atoms with Crippen LogP contribution >= 0.6 is 0 Å². The number of carbonyl (C=O) groups excluding carboxylic acids is 1. The molecule has 3 aromatic carbocycles. The Kier molecular flexibility index (Phi) is 6.28. The van der Waals surface area contributed by atoms with Crippen LogP contribution in [0.25, 0.3) is 22.4 Å². The second kappa shape index (κ2) is 9.63. The largest absolute Gasteiger partial charge is 0.484 e. The molecule has 1 aromatic heterocycles. The molecule has 1 amide bonds. The molecule has 0 aliphatic heterocycles. The van der Waals surface area contributed by atoms with Gasteiger partial charge >= 0.3 is 0 Å². The Labute approximate surface area is 179 Å². The highest BCUT2D eigenvalue weighted by Crippen LogP contribution is 2.22. The summed E-state index contributed by atoms with van der Waals surface area (Å²) in [6.07, 6.45) is 1.42. The summed E-state index contributed by atoms with van der Waals surface area (Å²) >= 11 is 0. The number of carbonyl (C=O) groups is 1. The van der Waals surface area contributed by atoms with Crippen molar-refractivity contribution in [2.45, 2.75) is 6.54 Å². The van der Waals surface area contributed by atoms with Crippen molar-refractivity contribution in [2.75, 3.05) is 6.61 Å². The molecule has 5 nitrogen and oxygen atoms in total. The van der Waals surface area contributed by atoms with Crippen molar-refractivity contribution in [1.29, 1.82) is 0 Å². The van der Waals surface area contributed by atoms with Gasteiger partial charge in [0.2, 0.25) is 0 Å². The van der Waals surface area contributed by atoms with Crippen molar-refractivity contribution in [3.63, 3.8) is 0 Å². The Hall–Kier alpha value is -4.06. The van der Waals surface area contributed by atoms with Gasteiger partial charge in [0.1, 0.15) is 17.9 Å². The van der Waals surface area contributed by atoms with Gasteiger partial charge in [0.25, 0.3) is 5.91 Å². The van der Waals surface area contributed by atoms with Crippen LogP contribution in [0.5, 0.6) is 5.75 Å². The molecule has 0 atom stereocenters. The Bertz CT molecular complexity index is 1150. The van der Waals surface area contributed by atoms with Gasteiger partial charge in [0.15, 0.2) is 6.61 Å². The first kappa shape index (κ1) is 20.2. The third-order valence-corrected chi connectivity index (χ3v) is 4.66. The maximum atomic E-state index is 13.1. The lowest BCUT2D eigenvalue weighted by molar-refractivity contribution is -0.123. The minimum atomic E-state index is -0.306. The Balaban J connectivity index is 1.29. The molecule has 154 valence electrons. The topological polar surface area (TPSA) is 64.1 Å². The van der Waals surface area contributed by atoms with Crippen molar-refractivity contribution >= 4 is 5.91 Å². The molecular formula is C25H20FN3O2. The molecule has 0 fully saturated rings. The number of benzene rings is 3. The predicted molar refractivity (Wildman–Crippen MR) is 117 cm³/mol. The standard InChI is InChI=1S/C25H20FN3O2/c26-21-10-6-20(7-11-21)24-14-22(28-17-29-24)15-27-25(30)16-31-23-12-8-19(9-13-23)18-4-2-1-3-5-18/h1-14,17H,15-16H2,(H,27,30). The van der Waals surface area contributed by atoms with Crippen molar-refractivity contribution in [3.05, 3.63) is 103 Å². The molecule has 31 heavy (non-hydrogen) atoms. The number of hydrogen-bond acceptors (Lipinski definition) is 4. The minimum Gasteiger partial charge on any atom is -0.484 e. The second-order valence-electron chi connectivity index (χ2n) is 6.86. The number of hydrogen-bond donors (Lipinski definition) is 1. The van der Waals surface area contributed by atoms with Crippen LogP contribution in [0, 0.1) is 5.82 Å². The van der Waals surface area contributed by atoms with Crippen molar-refractivity contribution in [1.82, 2.24) is 15.3 Å². The Morgan fingerprint density at radius 2 is 1.52 bits per heavy atom. The van der Waals surface area contributed by atoms with Crippen LogP contribution < -0.4 is 10.1 Å². The number of amides is 1. The summed E-state index contributed by atoms with van der Waals surface area (Å²) < 4.78 is 18.7. The van der Waals surface area contributed by atoms with E-state index >= 15 is 0 Å². The molecule has 0 radical (unpaired) electrons. The van der Waals surface area contributed by atoms with Gasteiger partial charge in [0.05, 0.1) is 17.9 Å². The van der Waals surface area contributed by atoms with E-state index in [4.69, 9.17) is 4.74 Å². The molecule has 4 rings (SSSR count). The average molecular weight is 413 g/mol. The molecule has 0 saturated carbocycles. The zero-order valence-corrected chi connectivity index (χ0v) is 16.7.